The second-order valence-electron chi connectivity index (χ2n) is 4.60. The van der Waals surface area contributed by atoms with Crippen LogP contribution in [0.25, 0.3) is 0 Å². The van der Waals surface area contributed by atoms with E-state index in [0.29, 0.717) is 17.9 Å². The lowest BCUT2D eigenvalue weighted by molar-refractivity contribution is 0.359. The number of hydrogen-bond donors (Lipinski definition) is 2. The number of nitrogens with two attached hydrogens (primary N) is 1. The molecule has 5 nitrogen and oxygen atoms in total. The maximum absolute atomic E-state index is 11.9. The predicted octanol–water partition coefficient (Wildman–Crippen LogP) is 1.11. The van der Waals surface area contributed by atoms with E-state index < -0.39 is 10.0 Å². The molecule has 0 atom stereocenters. The Morgan fingerprint density at radius 3 is 2.67 bits per heavy atom. The Morgan fingerprint density at radius 1 is 1.28 bits per heavy atom. The van der Waals surface area contributed by atoms with Crippen LogP contribution >= 0.6 is 0 Å². The lowest BCUT2D eigenvalue weighted by atomic mass is 10.3. The average Bonchev–Trinajstić information content (AvgIpc) is 2.78. The molecule has 0 amide bonds. The fourth-order valence-corrected chi connectivity index (χ4v) is 3.17. The van der Waals surface area contributed by atoms with E-state index >= 15 is 0 Å². The number of nitrogens with one attached hydrogen (secondary N) is 1. The van der Waals surface area contributed by atoms with E-state index in [2.05, 4.69) is 9.62 Å². The summed E-state index contributed by atoms with van der Waals surface area (Å²) in [5.41, 5.74) is 6.68. The quantitative estimate of drug-likeness (QED) is 0.785. The molecule has 0 saturated carbocycles. The van der Waals surface area contributed by atoms with Crippen LogP contribution in [0.1, 0.15) is 12.8 Å². The number of benzene rings is 1. The van der Waals surface area contributed by atoms with Crippen molar-refractivity contribution in [2.75, 3.05) is 35.8 Å². The highest BCUT2D eigenvalue weighted by molar-refractivity contribution is 7.92. The summed E-state index contributed by atoms with van der Waals surface area (Å²) in [7, 11) is -3.29. The molecule has 0 spiro atoms. The van der Waals surface area contributed by atoms with Gasteiger partial charge < -0.3 is 10.6 Å². The van der Waals surface area contributed by atoms with Gasteiger partial charge in [0.15, 0.2) is 0 Å². The van der Waals surface area contributed by atoms with Crippen LogP contribution in [0.2, 0.25) is 0 Å². The zero-order valence-electron chi connectivity index (χ0n) is 10.3. The molecule has 6 heteroatoms. The SMILES string of the molecule is Nc1cccc(NS(=O)(=O)CCN2CCCC2)c1. The maximum Gasteiger partial charge on any atom is 0.233 e. The summed E-state index contributed by atoms with van der Waals surface area (Å²) < 4.78 is 26.3. The Kier molecular flexibility index (Phi) is 4.08. The van der Waals surface area contributed by atoms with Gasteiger partial charge in [0.05, 0.1) is 11.4 Å². The van der Waals surface area contributed by atoms with Crippen molar-refractivity contribution >= 4 is 21.4 Å². The van der Waals surface area contributed by atoms with Crippen molar-refractivity contribution in [3.63, 3.8) is 0 Å². The Balaban J connectivity index is 1.90. The van der Waals surface area contributed by atoms with Crippen LogP contribution in [0.15, 0.2) is 24.3 Å². The lowest BCUT2D eigenvalue weighted by Gasteiger charge is -2.15. The third kappa shape index (κ3) is 3.89. The summed E-state index contributed by atoms with van der Waals surface area (Å²) in [6.45, 7) is 2.61. The van der Waals surface area contributed by atoms with Gasteiger partial charge >= 0.3 is 0 Å². The molecule has 18 heavy (non-hydrogen) atoms. The van der Waals surface area contributed by atoms with Crippen LogP contribution < -0.4 is 10.5 Å². The van der Waals surface area contributed by atoms with Crippen molar-refractivity contribution in [2.45, 2.75) is 12.8 Å². The lowest BCUT2D eigenvalue weighted by Crippen LogP contribution is -2.29. The first-order valence-electron chi connectivity index (χ1n) is 6.13. The van der Waals surface area contributed by atoms with Gasteiger partial charge in [0.2, 0.25) is 10.0 Å². The molecule has 1 saturated heterocycles. The second kappa shape index (κ2) is 5.58. The molecule has 100 valence electrons. The topological polar surface area (TPSA) is 75.4 Å². The Morgan fingerprint density at radius 2 is 2.00 bits per heavy atom. The van der Waals surface area contributed by atoms with Crippen molar-refractivity contribution < 1.29 is 8.42 Å². The molecule has 0 radical (unpaired) electrons. The number of sulfonamides is 1. The monoisotopic (exact) mass is 269 g/mol. The first-order valence-corrected chi connectivity index (χ1v) is 7.79. The largest absolute Gasteiger partial charge is 0.399 e. The van der Waals surface area contributed by atoms with Crippen LogP contribution in [0, 0.1) is 0 Å². The van der Waals surface area contributed by atoms with E-state index in [9.17, 15) is 8.42 Å². The van der Waals surface area contributed by atoms with Crippen LogP contribution in [-0.2, 0) is 10.0 Å². The highest BCUT2D eigenvalue weighted by Gasteiger charge is 2.16. The van der Waals surface area contributed by atoms with Crippen LogP contribution in [0.4, 0.5) is 11.4 Å². The van der Waals surface area contributed by atoms with Gasteiger partial charge in [-0.25, -0.2) is 8.42 Å². The van der Waals surface area contributed by atoms with Crippen molar-refractivity contribution in [3.8, 4) is 0 Å². The molecule has 0 bridgehead atoms. The Labute approximate surface area is 108 Å². The van der Waals surface area contributed by atoms with Crippen molar-refractivity contribution in [2.24, 2.45) is 0 Å². The molecule has 0 unspecified atom stereocenters. The number of anilines is 2. The van der Waals surface area contributed by atoms with E-state index in [4.69, 9.17) is 5.73 Å². The number of likely N-dealkylation sites (tertiary alicyclic amines) is 1. The van der Waals surface area contributed by atoms with Gasteiger partial charge in [-0.15, -0.1) is 0 Å². The summed E-state index contributed by atoms with van der Waals surface area (Å²) in [6.07, 6.45) is 2.34. The van der Waals surface area contributed by atoms with Gasteiger partial charge in [0, 0.05) is 12.2 Å². The summed E-state index contributed by atoms with van der Waals surface area (Å²) in [5.74, 6) is 0.127. The minimum Gasteiger partial charge on any atom is -0.399 e. The van der Waals surface area contributed by atoms with Gasteiger partial charge in [-0.05, 0) is 44.1 Å². The van der Waals surface area contributed by atoms with E-state index in [0.717, 1.165) is 13.1 Å². The average molecular weight is 269 g/mol. The van der Waals surface area contributed by atoms with E-state index in [1.807, 2.05) is 0 Å². The van der Waals surface area contributed by atoms with Gasteiger partial charge in [-0.2, -0.15) is 0 Å². The van der Waals surface area contributed by atoms with E-state index in [1.165, 1.54) is 12.8 Å². The van der Waals surface area contributed by atoms with E-state index in [-0.39, 0.29) is 5.75 Å². The van der Waals surface area contributed by atoms with Crippen LogP contribution in [-0.4, -0.2) is 38.7 Å². The smallest absolute Gasteiger partial charge is 0.233 e. The number of nitrogens with zero attached hydrogens (tertiary/aromatic N) is 1. The zero-order valence-corrected chi connectivity index (χ0v) is 11.1. The second-order valence-corrected chi connectivity index (χ2v) is 6.44. The van der Waals surface area contributed by atoms with Crippen molar-refractivity contribution in [3.05, 3.63) is 24.3 Å². The molecule has 2 rings (SSSR count). The third-order valence-electron chi connectivity index (χ3n) is 3.03. The van der Waals surface area contributed by atoms with E-state index in [1.54, 1.807) is 24.3 Å². The zero-order chi connectivity index (χ0) is 13.0. The molecule has 1 fully saturated rings. The molecular formula is C12H19N3O2S. The standard InChI is InChI=1S/C12H19N3O2S/c13-11-4-3-5-12(10-11)14-18(16,17)9-8-15-6-1-2-7-15/h3-5,10,14H,1-2,6-9,13H2. The molecular weight excluding hydrogens is 250 g/mol. The van der Waals surface area contributed by atoms with Gasteiger partial charge in [0.1, 0.15) is 0 Å². The van der Waals surface area contributed by atoms with Crippen molar-refractivity contribution in [1.29, 1.82) is 0 Å². The fraction of sp³-hybridized carbons (Fsp3) is 0.500. The van der Waals surface area contributed by atoms with Crippen molar-refractivity contribution in [1.82, 2.24) is 4.90 Å². The van der Waals surface area contributed by atoms with Gasteiger partial charge in [-0.3, -0.25) is 4.72 Å². The van der Waals surface area contributed by atoms with Gasteiger partial charge in [-0.1, -0.05) is 6.07 Å². The molecule has 0 aromatic heterocycles. The highest BCUT2D eigenvalue weighted by atomic mass is 32.2. The number of rotatable bonds is 5. The number of nitrogen functional groups attached to an aromatic ring is 1. The number of hydrogen-bond acceptors (Lipinski definition) is 4. The molecule has 1 aliphatic heterocycles. The fourth-order valence-electron chi connectivity index (χ4n) is 2.09. The van der Waals surface area contributed by atoms with Gasteiger partial charge in [0.25, 0.3) is 0 Å². The summed E-state index contributed by atoms with van der Waals surface area (Å²) in [4.78, 5) is 2.18. The molecule has 1 aromatic carbocycles. The Hall–Kier alpha value is -1.27. The summed E-state index contributed by atoms with van der Waals surface area (Å²) in [5, 5.41) is 0. The normalized spacial score (nSPS) is 16.9. The van der Waals surface area contributed by atoms with Crippen LogP contribution in [0.5, 0.6) is 0 Å². The molecule has 3 N–H and O–H groups in total. The first-order chi connectivity index (χ1) is 8.55. The highest BCUT2D eigenvalue weighted by Crippen LogP contribution is 2.14. The summed E-state index contributed by atoms with van der Waals surface area (Å²) >= 11 is 0. The molecule has 1 aliphatic rings. The first kappa shape index (κ1) is 13.2. The molecule has 1 heterocycles. The summed E-state index contributed by atoms with van der Waals surface area (Å²) in [6, 6.07) is 6.77. The van der Waals surface area contributed by atoms with Crippen LogP contribution in [0.3, 0.4) is 0 Å². The molecule has 0 aliphatic carbocycles. The minimum absolute atomic E-state index is 0.127. The minimum atomic E-state index is -3.29. The Bertz CT molecular complexity index is 496. The predicted molar refractivity (Wildman–Crippen MR) is 73.9 cm³/mol. The third-order valence-corrected chi connectivity index (χ3v) is 4.30. The molecule has 1 aromatic rings. The maximum atomic E-state index is 11.9.